The maximum Gasteiger partial charge on any atom is 0.335 e. The summed E-state index contributed by atoms with van der Waals surface area (Å²) in [7, 11) is 0. The first-order valence-corrected chi connectivity index (χ1v) is 4.25. The van der Waals surface area contributed by atoms with Crippen molar-refractivity contribution >= 4 is 18.2 Å². The molecule has 0 aromatic carbocycles. The Bertz CT molecular complexity index is 294. The van der Waals surface area contributed by atoms with Crippen LogP contribution in [0.15, 0.2) is 17.1 Å². The lowest BCUT2D eigenvalue weighted by Crippen LogP contribution is -2.33. The van der Waals surface area contributed by atoms with Crippen molar-refractivity contribution in [1.29, 1.82) is 0 Å². The Hall–Kier alpha value is -1.65. The van der Waals surface area contributed by atoms with Gasteiger partial charge in [0, 0.05) is 12.6 Å². The molecule has 0 bridgehead atoms. The summed E-state index contributed by atoms with van der Waals surface area (Å²) in [4.78, 5) is 25.0. The average Bonchev–Trinajstić information content (AvgIpc) is 2.53. The zero-order valence-electron chi connectivity index (χ0n) is 7.51. The summed E-state index contributed by atoms with van der Waals surface area (Å²) in [5.74, 6) is -1.95. The van der Waals surface area contributed by atoms with Crippen LogP contribution in [0.1, 0.15) is 19.3 Å². The molecule has 0 saturated heterocycles. The molecule has 14 heavy (non-hydrogen) atoms. The van der Waals surface area contributed by atoms with Crippen molar-refractivity contribution in [3.63, 3.8) is 0 Å². The first kappa shape index (κ1) is 10.4. The predicted molar refractivity (Wildman–Crippen MR) is 49.5 cm³/mol. The number of hydrogen-bond donors (Lipinski definition) is 2. The molecule has 1 heterocycles. The van der Waals surface area contributed by atoms with E-state index >= 15 is 0 Å². The highest BCUT2D eigenvalue weighted by molar-refractivity contribution is 5.90. The van der Waals surface area contributed by atoms with Crippen LogP contribution in [0.3, 0.4) is 0 Å². The normalized spacial score (nSPS) is 24.0. The van der Waals surface area contributed by atoms with Crippen molar-refractivity contribution < 1.29 is 19.8 Å². The minimum absolute atomic E-state index is 0.0294. The predicted octanol–water partition coefficient (Wildman–Crippen LogP) is 0.705. The van der Waals surface area contributed by atoms with Gasteiger partial charge in [0.15, 0.2) is 5.54 Å². The third kappa shape index (κ3) is 2.18. The molecule has 1 aliphatic heterocycles. The topological polar surface area (TPSA) is 87.0 Å². The molecule has 0 aliphatic carbocycles. The molecule has 76 valence electrons. The van der Waals surface area contributed by atoms with E-state index in [0.29, 0.717) is 6.42 Å². The van der Waals surface area contributed by atoms with Crippen molar-refractivity contribution in [3.8, 4) is 0 Å². The smallest absolute Gasteiger partial charge is 0.335 e. The monoisotopic (exact) mass is 197 g/mol. The second-order valence-corrected chi connectivity index (χ2v) is 3.11. The Labute approximate surface area is 80.8 Å². The fraction of sp³-hybridized carbons (Fsp3) is 0.444. The van der Waals surface area contributed by atoms with Crippen LogP contribution in [0.25, 0.3) is 0 Å². The van der Waals surface area contributed by atoms with Gasteiger partial charge in [-0.15, -0.1) is 0 Å². The highest BCUT2D eigenvalue weighted by Crippen LogP contribution is 2.24. The van der Waals surface area contributed by atoms with Gasteiger partial charge in [-0.1, -0.05) is 0 Å². The van der Waals surface area contributed by atoms with E-state index in [4.69, 9.17) is 10.2 Å². The third-order valence-corrected chi connectivity index (χ3v) is 2.08. The second kappa shape index (κ2) is 4.04. The number of rotatable bonds is 5. The van der Waals surface area contributed by atoms with Gasteiger partial charge in [-0.2, -0.15) is 0 Å². The van der Waals surface area contributed by atoms with Crippen LogP contribution in [0.4, 0.5) is 0 Å². The van der Waals surface area contributed by atoms with Gasteiger partial charge in [0.25, 0.3) is 0 Å². The van der Waals surface area contributed by atoms with Crippen LogP contribution in [0, 0.1) is 0 Å². The Morgan fingerprint density at radius 2 is 2.07 bits per heavy atom. The van der Waals surface area contributed by atoms with Crippen molar-refractivity contribution in [2.24, 2.45) is 4.99 Å². The lowest BCUT2D eigenvalue weighted by atomic mass is 9.94. The maximum absolute atomic E-state index is 10.9. The fourth-order valence-corrected chi connectivity index (χ4v) is 1.31. The molecule has 0 radical (unpaired) electrons. The van der Waals surface area contributed by atoms with E-state index in [0.717, 1.165) is 0 Å². The van der Waals surface area contributed by atoms with Crippen molar-refractivity contribution in [3.05, 3.63) is 12.2 Å². The zero-order valence-corrected chi connectivity index (χ0v) is 7.51. The van der Waals surface area contributed by atoms with Crippen LogP contribution >= 0.6 is 0 Å². The number of carboxylic acids is 2. The number of allylic oxidation sites excluding steroid dienone is 1. The van der Waals surface area contributed by atoms with Crippen LogP contribution in [0.2, 0.25) is 0 Å². The van der Waals surface area contributed by atoms with Gasteiger partial charge in [-0.05, 0) is 25.0 Å². The molecule has 0 fully saturated rings. The second-order valence-electron chi connectivity index (χ2n) is 3.11. The third-order valence-electron chi connectivity index (χ3n) is 2.08. The van der Waals surface area contributed by atoms with Gasteiger partial charge in [-0.25, -0.2) is 4.79 Å². The van der Waals surface area contributed by atoms with E-state index < -0.39 is 17.5 Å². The molecule has 5 nitrogen and oxygen atoms in total. The lowest BCUT2D eigenvalue weighted by molar-refractivity contribution is -0.142. The number of hydrogen-bond acceptors (Lipinski definition) is 3. The summed E-state index contributed by atoms with van der Waals surface area (Å²) >= 11 is 0. The lowest BCUT2D eigenvalue weighted by Gasteiger charge is -2.17. The van der Waals surface area contributed by atoms with E-state index in [1.54, 1.807) is 6.08 Å². The number of carbonyl (C=O) groups is 2. The highest BCUT2D eigenvalue weighted by Gasteiger charge is 2.36. The van der Waals surface area contributed by atoms with Gasteiger partial charge in [-0.3, -0.25) is 9.79 Å². The van der Waals surface area contributed by atoms with Gasteiger partial charge in [0.2, 0.25) is 0 Å². The molecule has 2 N–H and O–H groups in total. The first-order chi connectivity index (χ1) is 6.57. The van der Waals surface area contributed by atoms with Crippen LogP contribution in [-0.4, -0.2) is 33.9 Å². The summed E-state index contributed by atoms with van der Waals surface area (Å²) < 4.78 is 0. The van der Waals surface area contributed by atoms with Gasteiger partial charge >= 0.3 is 11.9 Å². The van der Waals surface area contributed by atoms with E-state index in [9.17, 15) is 9.59 Å². The van der Waals surface area contributed by atoms with E-state index in [1.165, 1.54) is 12.3 Å². The average molecular weight is 197 g/mol. The molecule has 0 spiro atoms. The summed E-state index contributed by atoms with van der Waals surface area (Å²) in [5.41, 5.74) is -1.23. The van der Waals surface area contributed by atoms with Crippen LogP contribution < -0.4 is 0 Å². The van der Waals surface area contributed by atoms with E-state index in [2.05, 4.69) is 4.99 Å². The Balaban J connectivity index is 2.54. The fourth-order valence-electron chi connectivity index (χ4n) is 1.31. The van der Waals surface area contributed by atoms with Crippen molar-refractivity contribution in [2.75, 3.05) is 0 Å². The number of carboxylic acid groups (broad SMARTS) is 2. The van der Waals surface area contributed by atoms with Crippen LogP contribution in [0.5, 0.6) is 0 Å². The molecule has 1 rings (SSSR count). The SMILES string of the molecule is O=C(O)CCCC1(C(=O)O)C=CC=N1. The highest BCUT2D eigenvalue weighted by atomic mass is 16.4. The Morgan fingerprint density at radius 1 is 1.36 bits per heavy atom. The van der Waals surface area contributed by atoms with E-state index in [1.807, 2.05) is 0 Å². The summed E-state index contributed by atoms with van der Waals surface area (Å²) in [6.07, 6.45) is 4.98. The van der Waals surface area contributed by atoms with Gasteiger partial charge in [0.05, 0.1) is 0 Å². The molecule has 0 aromatic rings. The minimum Gasteiger partial charge on any atom is -0.481 e. The first-order valence-electron chi connectivity index (χ1n) is 4.25. The van der Waals surface area contributed by atoms with Crippen molar-refractivity contribution in [1.82, 2.24) is 0 Å². The number of aliphatic imine (C=N–C) groups is 1. The minimum atomic E-state index is -1.23. The Kier molecular flexibility index (Phi) is 3.01. The summed E-state index contributed by atoms with van der Waals surface area (Å²) in [6.45, 7) is 0. The molecule has 0 saturated carbocycles. The molecular weight excluding hydrogens is 186 g/mol. The van der Waals surface area contributed by atoms with E-state index in [-0.39, 0.29) is 12.8 Å². The van der Waals surface area contributed by atoms with Crippen LogP contribution in [-0.2, 0) is 9.59 Å². The molecule has 0 aromatic heterocycles. The van der Waals surface area contributed by atoms with Crippen molar-refractivity contribution in [2.45, 2.75) is 24.8 Å². The molecule has 1 unspecified atom stereocenters. The standard InChI is InChI=1S/C9H11NO4/c11-7(12)3-1-4-9(8(13)14)5-2-6-10-9/h2,5-6H,1,3-4H2,(H,11,12)(H,13,14). The van der Waals surface area contributed by atoms with Gasteiger partial charge < -0.3 is 10.2 Å². The molecule has 1 aliphatic rings. The maximum atomic E-state index is 10.9. The number of nitrogens with zero attached hydrogens (tertiary/aromatic N) is 1. The molecule has 0 amide bonds. The zero-order chi connectivity index (χ0) is 10.6. The quantitative estimate of drug-likeness (QED) is 0.679. The summed E-state index contributed by atoms with van der Waals surface area (Å²) in [5, 5.41) is 17.3. The van der Waals surface area contributed by atoms with Gasteiger partial charge in [0.1, 0.15) is 0 Å². The Morgan fingerprint density at radius 3 is 2.50 bits per heavy atom. The molecule has 1 atom stereocenters. The molecular formula is C9H11NO4. The number of aliphatic carboxylic acids is 2. The summed E-state index contributed by atoms with van der Waals surface area (Å²) in [6, 6.07) is 0. The molecule has 5 heteroatoms. The largest absolute Gasteiger partial charge is 0.481 e.